The van der Waals surface area contributed by atoms with Gasteiger partial charge < -0.3 is 15.5 Å². The molecule has 0 atom stereocenters. The quantitative estimate of drug-likeness (QED) is 0.910. The zero-order chi connectivity index (χ0) is 12.3. The first-order chi connectivity index (χ1) is 8.24. The molecule has 0 unspecified atom stereocenters. The average molecular weight is 296 g/mol. The number of ether oxygens (including phenoxy) is 1. The SMILES string of the molecule is COc1cccc(-c2nc(Br)[nH]c2CCN)c1. The summed E-state index contributed by atoms with van der Waals surface area (Å²) in [6, 6.07) is 7.82. The third kappa shape index (κ3) is 2.68. The number of nitrogens with zero attached hydrogens (tertiary/aromatic N) is 1. The van der Waals surface area contributed by atoms with Gasteiger partial charge in [-0.1, -0.05) is 12.1 Å². The van der Waals surface area contributed by atoms with E-state index in [1.807, 2.05) is 24.3 Å². The van der Waals surface area contributed by atoms with E-state index in [1.54, 1.807) is 7.11 Å². The highest BCUT2D eigenvalue weighted by atomic mass is 79.9. The Labute approximate surface area is 108 Å². The third-order valence-electron chi connectivity index (χ3n) is 2.49. The molecule has 0 saturated carbocycles. The molecule has 0 aliphatic rings. The van der Waals surface area contributed by atoms with Crippen LogP contribution in [0.5, 0.6) is 5.75 Å². The van der Waals surface area contributed by atoms with Crippen molar-refractivity contribution >= 4 is 15.9 Å². The lowest BCUT2D eigenvalue weighted by Crippen LogP contribution is -2.04. The Kier molecular flexibility index (Phi) is 3.81. The molecule has 0 fully saturated rings. The van der Waals surface area contributed by atoms with Gasteiger partial charge in [-0.2, -0.15) is 0 Å². The number of benzene rings is 1. The monoisotopic (exact) mass is 295 g/mol. The van der Waals surface area contributed by atoms with Crippen molar-refractivity contribution in [1.82, 2.24) is 9.97 Å². The molecule has 5 heteroatoms. The Morgan fingerprint density at radius 3 is 3.00 bits per heavy atom. The first-order valence-electron chi connectivity index (χ1n) is 5.33. The molecule has 0 radical (unpaired) electrons. The second-order valence-corrected chi connectivity index (χ2v) is 4.38. The summed E-state index contributed by atoms with van der Waals surface area (Å²) in [5.41, 5.74) is 8.56. The van der Waals surface area contributed by atoms with Gasteiger partial charge in [0.1, 0.15) is 5.75 Å². The molecule has 0 aliphatic heterocycles. The summed E-state index contributed by atoms with van der Waals surface area (Å²) in [6.45, 7) is 0.589. The van der Waals surface area contributed by atoms with E-state index in [4.69, 9.17) is 10.5 Å². The molecule has 90 valence electrons. The van der Waals surface area contributed by atoms with Crippen LogP contribution in [0.3, 0.4) is 0 Å². The van der Waals surface area contributed by atoms with E-state index in [9.17, 15) is 0 Å². The van der Waals surface area contributed by atoms with E-state index in [2.05, 4.69) is 25.9 Å². The number of hydrogen-bond acceptors (Lipinski definition) is 3. The van der Waals surface area contributed by atoms with Crippen molar-refractivity contribution in [3.63, 3.8) is 0 Å². The summed E-state index contributed by atoms with van der Waals surface area (Å²) in [4.78, 5) is 7.59. The van der Waals surface area contributed by atoms with Crippen LogP contribution in [0.15, 0.2) is 29.0 Å². The highest BCUT2D eigenvalue weighted by Crippen LogP contribution is 2.26. The zero-order valence-electron chi connectivity index (χ0n) is 9.53. The highest BCUT2D eigenvalue weighted by molar-refractivity contribution is 9.10. The Bertz CT molecular complexity index is 510. The molecule has 1 heterocycles. The average Bonchev–Trinajstić information content (AvgIpc) is 2.71. The summed E-state index contributed by atoms with van der Waals surface area (Å²) in [7, 11) is 1.65. The molecule has 2 aromatic rings. The fraction of sp³-hybridized carbons (Fsp3) is 0.250. The van der Waals surface area contributed by atoms with Crippen molar-refractivity contribution in [2.45, 2.75) is 6.42 Å². The largest absolute Gasteiger partial charge is 0.497 e. The number of nitrogens with two attached hydrogens (primary N) is 1. The second kappa shape index (κ2) is 5.33. The number of H-pyrrole nitrogens is 1. The van der Waals surface area contributed by atoms with Gasteiger partial charge in [0.15, 0.2) is 4.73 Å². The fourth-order valence-corrected chi connectivity index (χ4v) is 2.13. The topological polar surface area (TPSA) is 63.9 Å². The van der Waals surface area contributed by atoms with E-state index in [0.29, 0.717) is 6.54 Å². The first-order valence-corrected chi connectivity index (χ1v) is 6.12. The van der Waals surface area contributed by atoms with Crippen molar-refractivity contribution in [3.05, 3.63) is 34.7 Å². The molecule has 1 aromatic carbocycles. The van der Waals surface area contributed by atoms with E-state index in [0.717, 1.165) is 33.9 Å². The van der Waals surface area contributed by atoms with Crippen molar-refractivity contribution in [2.24, 2.45) is 5.73 Å². The number of halogens is 1. The van der Waals surface area contributed by atoms with E-state index >= 15 is 0 Å². The van der Waals surface area contributed by atoms with Gasteiger partial charge >= 0.3 is 0 Å². The van der Waals surface area contributed by atoms with Gasteiger partial charge in [0.05, 0.1) is 12.8 Å². The molecule has 0 aliphatic carbocycles. The molecule has 0 spiro atoms. The number of imidazole rings is 1. The predicted molar refractivity (Wildman–Crippen MR) is 71.0 cm³/mol. The number of methoxy groups -OCH3 is 1. The van der Waals surface area contributed by atoms with Crippen LogP contribution >= 0.6 is 15.9 Å². The van der Waals surface area contributed by atoms with Gasteiger partial charge in [0, 0.05) is 17.7 Å². The van der Waals surface area contributed by atoms with Gasteiger partial charge in [-0.05, 0) is 34.6 Å². The first kappa shape index (κ1) is 12.1. The van der Waals surface area contributed by atoms with Crippen LogP contribution in [-0.2, 0) is 6.42 Å². The molecule has 0 amide bonds. The lowest BCUT2D eigenvalue weighted by molar-refractivity contribution is 0.415. The Hall–Kier alpha value is -1.33. The maximum atomic E-state index is 5.59. The minimum atomic E-state index is 0.589. The van der Waals surface area contributed by atoms with E-state index < -0.39 is 0 Å². The van der Waals surface area contributed by atoms with Gasteiger partial charge in [-0.15, -0.1) is 0 Å². The minimum absolute atomic E-state index is 0.589. The fourth-order valence-electron chi connectivity index (χ4n) is 1.71. The zero-order valence-corrected chi connectivity index (χ0v) is 11.1. The smallest absolute Gasteiger partial charge is 0.175 e. The Morgan fingerprint density at radius 2 is 2.29 bits per heavy atom. The summed E-state index contributed by atoms with van der Waals surface area (Å²) in [5, 5.41) is 0. The van der Waals surface area contributed by atoms with Gasteiger partial charge in [-0.3, -0.25) is 0 Å². The second-order valence-electron chi connectivity index (χ2n) is 3.63. The predicted octanol–water partition coefficient (Wildman–Crippen LogP) is 2.35. The molecule has 2 rings (SSSR count). The number of hydrogen-bond donors (Lipinski definition) is 2. The van der Waals surface area contributed by atoms with Gasteiger partial charge in [0.25, 0.3) is 0 Å². The maximum Gasteiger partial charge on any atom is 0.175 e. The molecule has 17 heavy (non-hydrogen) atoms. The summed E-state index contributed by atoms with van der Waals surface area (Å²) in [6.07, 6.45) is 0.769. The van der Waals surface area contributed by atoms with Crippen LogP contribution in [-0.4, -0.2) is 23.6 Å². The molecule has 3 N–H and O–H groups in total. The Balaban J connectivity index is 2.43. The van der Waals surface area contributed by atoms with Crippen LogP contribution < -0.4 is 10.5 Å². The number of rotatable bonds is 4. The van der Waals surface area contributed by atoms with E-state index in [1.165, 1.54) is 0 Å². The lowest BCUT2D eigenvalue weighted by Gasteiger charge is -2.04. The number of aromatic amines is 1. The lowest BCUT2D eigenvalue weighted by atomic mass is 10.1. The summed E-state index contributed by atoms with van der Waals surface area (Å²) in [5.74, 6) is 0.820. The highest BCUT2D eigenvalue weighted by Gasteiger charge is 2.10. The maximum absolute atomic E-state index is 5.59. The van der Waals surface area contributed by atoms with Crippen LogP contribution in [0.25, 0.3) is 11.3 Å². The molecule has 0 saturated heterocycles. The number of nitrogens with one attached hydrogen (secondary N) is 1. The minimum Gasteiger partial charge on any atom is -0.497 e. The van der Waals surface area contributed by atoms with Crippen LogP contribution in [0.4, 0.5) is 0 Å². The summed E-state index contributed by atoms with van der Waals surface area (Å²) >= 11 is 3.35. The van der Waals surface area contributed by atoms with Gasteiger partial charge in [-0.25, -0.2) is 4.98 Å². The molecular weight excluding hydrogens is 282 g/mol. The molecule has 0 bridgehead atoms. The normalized spacial score (nSPS) is 10.5. The molecule has 1 aromatic heterocycles. The standard InChI is InChI=1S/C12H14BrN3O/c1-17-9-4-2-3-8(7-9)11-10(5-6-14)15-12(13)16-11/h2-4,7H,5-6,14H2,1H3,(H,15,16). The van der Waals surface area contributed by atoms with Crippen molar-refractivity contribution < 1.29 is 4.74 Å². The third-order valence-corrected chi connectivity index (χ3v) is 2.86. The Morgan fingerprint density at radius 1 is 1.47 bits per heavy atom. The summed E-state index contributed by atoms with van der Waals surface area (Å²) < 4.78 is 5.93. The van der Waals surface area contributed by atoms with Crippen LogP contribution in [0.1, 0.15) is 5.69 Å². The molecule has 4 nitrogen and oxygen atoms in total. The van der Waals surface area contributed by atoms with Crippen molar-refractivity contribution in [3.8, 4) is 17.0 Å². The molecular formula is C12H14BrN3O. The van der Waals surface area contributed by atoms with Gasteiger partial charge in [0.2, 0.25) is 0 Å². The van der Waals surface area contributed by atoms with Crippen molar-refractivity contribution in [2.75, 3.05) is 13.7 Å². The van der Waals surface area contributed by atoms with E-state index in [-0.39, 0.29) is 0 Å². The van der Waals surface area contributed by atoms with Crippen LogP contribution in [0, 0.1) is 0 Å². The van der Waals surface area contributed by atoms with Crippen LogP contribution in [0.2, 0.25) is 0 Å². The number of aromatic nitrogens is 2. The van der Waals surface area contributed by atoms with Crippen molar-refractivity contribution in [1.29, 1.82) is 0 Å².